The zero-order valence-corrected chi connectivity index (χ0v) is 12.1. The van der Waals surface area contributed by atoms with E-state index in [4.69, 9.17) is 4.74 Å². The van der Waals surface area contributed by atoms with E-state index in [1.165, 1.54) is 0 Å². The Balaban J connectivity index is 2.47. The molecular weight excluding hydrogens is 268 g/mol. The van der Waals surface area contributed by atoms with Crippen LogP contribution in [0.4, 0.5) is 0 Å². The van der Waals surface area contributed by atoms with Crippen molar-refractivity contribution in [3.05, 3.63) is 12.4 Å². The number of aromatic nitrogens is 2. The quantitative estimate of drug-likeness (QED) is 0.749. The highest BCUT2D eigenvalue weighted by Gasteiger charge is 2.13. The normalized spacial score (nSPS) is 13.4. The molecule has 0 N–H and O–H groups in total. The molecule has 16 heavy (non-hydrogen) atoms. The molecule has 1 atom stereocenters. The van der Waals surface area contributed by atoms with Crippen molar-refractivity contribution in [3.63, 3.8) is 0 Å². The summed E-state index contributed by atoms with van der Waals surface area (Å²) in [6.45, 7) is 9.38. The molecule has 0 aromatic carbocycles. The zero-order chi connectivity index (χ0) is 12.1. The smallest absolute Gasteiger partial charge is 0.157 e. The number of rotatable bonds is 6. The number of halogens is 1. The molecule has 1 unspecified atom stereocenters. The topological polar surface area (TPSA) is 27.1 Å². The monoisotopic (exact) mass is 288 g/mol. The summed E-state index contributed by atoms with van der Waals surface area (Å²) >= 11 is 3.52. The standard InChI is InChI=1S/C12H21BrN2O/c1-9(2)11(5-13)8-16-12-6-14-15(7-12)10(3)4/h6-7,9-11H,5,8H2,1-4H3. The Bertz CT molecular complexity index is 310. The largest absolute Gasteiger partial charge is 0.490 e. The van der Waals surface area contributed by atoms with Crippen molar-refractivity contribution in [2.24, 2.45) is 11.8 Å². The van der Waals surface area contributed by atoms with Crippen molar-refractivity contribution < 1.29 is 4.74 Å². The average molecular weight is 289 g/mol. The summed E-state index contributed by atoms with van der Waals surface area (Å²) in [5.74, 6) is 2.03. The molecule has 4 heteroatoms. The summed E-state index contributed by atoms with van der Waals surface area (Å²) in [4.78, 5) is 0. The van der Waals surface area contributed by atoms with E-state index in [-0.39, 0.29) is 0 Å². The van der Waals surface area contributed by atoms with E-state index in [9.17, 15) is 0 Å². The third-order valence-electron chi connectivity index (χ3n) is 2.71. The number of alkyl halides is 1. The van der Waals surface area contributed by atoms with Crippen LogP contribution in [0.1, 0.15) is 33.7 Å². The van der Waals surface area contributed by atoms with Gasteiger partial charge in [-0.25, -0.2) is 0 Å². The van der Waals surface area contributed by atoms with E-state index in [0.717, 1.165) is 17.7 Å². The van der Waals surface area contributed by atoms with Gasteiger partial charge in [-0.2, -0.15) is 5.10 Å². The van der Waals surface area contributed by atoms with Gasteiger partial charge < -0.3 is 4.74 Å². The fourth-order valence-corrected chi connectivity index (χ4v) is 2.23. The molecule has 1 aromatic rings. The van der Waals surface area contributed by atoms with Gasteiger partial charge in [0.2, 0.25) is 0 Å². The SMILES string of the molecule is CC(C)C(CBr)COc1cnn(C(C)C)c1. The Labute approximate surface area is 106 Å². The lowest BCUT2D eigenvalue weighted by Gasteiger charge is -2.17. The lowest BCUT2D eigenvalue weighted by Crippen LogP contribution is -2.19. The number of ether oxygens (including phenoxy) is 1. The van der Waals surface area contributed by atoms with Gasteiger partial charge in [-0.05, 0) is 19.8 Å². The Kier molecular flexibility index (Phi) is 5.32. The van der Waals surface area contributed by atoms with Gasteiger partial charge in [0, 0.05) is 17.3 Å². The van der Waals surface area contributed by atoms with Crippen LogP contribution in [0.15, 0.2) is 12.4 Å². The second kappa shape index (κ2) is 6.28. The van der Waals surface area contributed by atoms with Crippen LogP contribution in [-0.4, -0.2) is 21.7 Å². The predicted octanol–water partition coefficient (Wildman–Crippen LogP) is 3.51. The van der Waals surface area contributed by atoms with Crippen LogP contribution in [0.25, 0.3) is 0 Å². The molecular formula is C12H21BrN2O. The van der Waals surface area contributed by atoms with Crippen LogP contribution >= 0.6 is 15.9 Å². The molecule has 0 saturated carbocycles. The van der Waals surface area contributed by atoms with E-state index in [0.29, 0.717) is 17.9 Å². The first-order valence-electron chi connectivity index (χ1n) is 5.77. The molecule has 1 heterocycles. The van der Waals surface area contributed by atoms with Crippen molar-refractivity contribution >= 4 is 15.9 Å². The predicted molar refractivity (Wildman–Crippen MR) is 70.2 cm³/mol. The highest BCUT2D eigenvalue weighted by molar-refractivity contribution is 9.09. The maximum absolute atomic E-state index is 5.74. The molecule has 92 valence electrons. The van der Waals surface area contributed by atoms with Crippen molar-refractivity contribution in [1.29, 1.82) is 0 Å². The van der Waals surface area contributed by atoms with Gasteiger partial charge in [-0.1, -0.05) is 29.8 Å². The molecule has 0 aliphatic heterocycles. The minimum absolute atomic E-state index is 0.384. The summed E-state index contributed by atoms with van der Waals surface area (Å²) in [5, 5.41) is 5.22. The van der Waals surface area contributed by atoms with E-state index in [1.807, 2.05) is 10.9 Å². The molecule has 0 amide bonds. The maximum Gasteiger partial charge on any atom is 0.157 e. The van der Waals surface area contributed by atoms with Gasteiger partial charge in [0.05, 0.1) is 19.0 Å². The molecule has 0 aliphatic carbocycles. The summed E-state index contributed by atoms with van der Waals surface area (Å²) < 4.78 is 7.65. The summed E-state index contributed by atoms with van der Waals surface area (Å²) in [7, 11) is 0. The number of hydrogen-bond acceptors (Lipinski definition) is 2. The van der Waals surface area contributed by atoms with Gasteiger partial charge in [-0.3, -0.25) is 4.68 Å². The zero-order valence-electron chi connectivity index (χ0n) is 10.5. The van der Waals surface area contributed by atoms with Crippen molar-refractivity contribution in [2.75, 3.05) is 11.9 Å². The Morgan fingerprint density at radius 3 is 2.50 bits per heavy atom. The van der Waals surface area contributed by atoms with Gasteiger partial charge in [0.1, 0.15) is 0 Å². The van der Waals surface area contributed by atoms with Crippen LogP contribution in [0, 0.1) is 11.8 Å². The third kappa shape index (κ3) is 3.81. The minimum Gasteiger partial charge on any atom is -0.490 e. The van der Waals surface area contributed by atoms with Crippen LogP contribution < -0.4 is 4.74 Å². The van der Waals surface area contributed by atoms with Gasteiger partial charge in [0.25, 0.3) is 0 Å². The van der Waals surface area contributed by atoms with Crippen LogP contribution in [-0.2, 0) is 0 Å². The molecule has 0 bridgehead atoms. The number of hydrogen-bond donors (Lipinski definition) is 0. The second-order valence-corrected chi connectivity index (χ2v) is 5.37. The van der Waals surface area contributed by atoms with Crippen LogP contribution in [0.3, 0.4) is 0 Å². The maximum atomic E-state index is 5.74. The third-order valence-corrected chi connectivity index (χ3v) is 3.54. The molecule has 0 saturated heterocycles. The van der Waals surface area contributed by atoms with E-state index in [2.05, 4.69) is 48.7 Å². The minimum atomic E-state index is 0.384. The molecule has 1 rings (SSSR count). The van der Waals surface area contributed by atoms with E-state index in [1.54, 1.807) is 6.20 Å². The highest BCUT2D eigenvalue weighted by Crippen LogP contribution is 2.17. The Morgan fingerprint density at radius 2 is 2.06 bits per heavy atom. The highest BCUT2D eigenvalue weighted by atomic mass is 79.9. The van der Waals surface area contributed by atoms with E-state index >= 15 is 0 Å². The fraction of sp³-hybridized carbons (Fsp3) is 0.750. The fourth-order valence-electron chi connectivity index (χ4n) is 1.30. The van der Waals surface area contributed by atoms with Gasteiger partial charge in [-0.15, -0.1) is 0 Å². The first-order chi connectivity index (χ1) is 7.54. The van der Waals surface area contributed by atoms with Crippen molar-refractivity contribution in [3.8, 4) is 5.75 Å². The van der Waals surface area contributed by atoms with Crippen molar-refractivity contribution in [1.82, 2.24) is 9.78 Å². The molecule has 0 aliphatic rings. The first kappa shape index (κ1) is 13.6. The van der Waals surface area contributed by atoms with Gasteiger partial charge in [0.15, 0.2) is 5.75 Å². The summed E-state index contributed by atoms with van der Waals surface area (Å²) in [6.07, 6.45) is 3.74. The van der Waals surface area contributed by atoms with Crippen molar-refractivity contribution in [2.45, 2.75) is 33.7 Å². The molecule has 0 spiro atoms. The molecule has 0 radical (unpaired) electrons. The Morgan fingerprint density at radius 1 is 1.38 bits per heavy atom. The number of nitrogens with zero attached hydrogens (tertiary/aromatic N) is 2. The van der Waals surface area contributed by atoms with E-state index < -0.39 is 0 Å². The molecule has 3 nitrogen and oxygen atoms in total. The lowest BCUT2D eigenvalue weighted by molar-refractivity contribution is 0.227. The Hall–Kier alpha value is -0.510. The lowest BCUT2D eigenvalue weighted by atomic mass is 9.99. The first-order valence-corrected chi connectivity index (χ1v) is 6.89. The molecule has 1 aromatic heterocycles. The average Bonchev–Trinajstić information content (AvgIpc) is 2.67. The van der Waals surface area contributed by atoms with Crippen LogP contribution in [0.2, 0.25) is 0 Å². The summed E-state index contributed by atoms with van der Waals surface area (Å²) in [6, 6.07) is 0.384. The second-order valence-electron chi connectivity index (χ2n) is 4.72. The summed E-state index contributed by atoms with van der Waals surface area (Å²) in [5.41, 5.74) is 0. The van der Waals surface area contributed by atoms with Crippen LogP contribution in [0.5, 0.6) is 5.75 Å². The van der Waals surface area contributed by atoms with Gasteiger partial charge >= 0.3 is 0 Å². The molecule has 0 fully saturated rings.